The lowest BCUT2D eigenvalue weighted by atomic mass is 10.1. The molecular weight excluding hydrogens is 330 g/mol. The highest BCUT2D eigenvalue weighted by Gasteiger charge is 2.13. The van der Waals surface area contributed by atoms with Crippen molar-refractivity contribution in [1.29, 1.82) is 0 Å². The van der Waals surface area contributed by atoms with Gasteiger partial charge in [-0.05, 0) is 47.5 Å². The molecule has 1 N–H and O–H groups in total. The zero-order valence-corrected chi connectivity index (χ0v) is 14.6. The SMILES string of the molecule is COC(=O)c1cccc(NC(=O)COc2ccc3ccccc3c2)c1C. The molecule has 0 heterocycles. The van der Waals surface area contributed by atoms with E-state index in [4.69, 9.17) is 9.47 Å². The van der Waals surface area contributed by atoms with E-state index in [0.29, 0.717) is 22.6 Å². The van der Waals surface area contributed by atoms with Crippen molar-refractivity contribution in [3.63, 3.8) is 0 Å². The summed E-state index contributed by atoms with van der Waals surface area (Å²) in [6, 6.07) is 18.7. The van der Waals surface area contributed by atoms with Gasteiger partial charge in [0.2, 0.25) is 0 Å². The molecule has 0 saturated heterocycles. The third-order valence-electron chi connectivity index (χ3n) is 4.10. The predicted molar refractivity (Wildman–Crippen MR) is 101 cm³/mol. The van der Waals surface area contributed by atoms with Crippen molar-refractivity contribution in [3.8, 4) is 5.75 Å². The lowest BCUT2D eigenvalue weighted by molar-refractivity contribution is -0.118. The number of nitrogens with one attached hydrogen (secondary N) is 1. The Bertz CT molecular complexity index is 965. The van der Waals surface area contributed by atoms with Gasteiger partial charge >= 0.3 is 5.97 Å². The van der Waals surface area contributed by atoms with Gasteiger partial charge in [-0.25, -0.2) is 4.79 Å². The van der Waals surface area contributed by atoms with Gasteiger partial charge in [0.05, 0.1) is 12.7 Å². The van der Waals surface area contributed by atoms with Crippen LogP contribution in [0, 0.1) is 6.92 Å². The van der Waals surface area contributed by atoms with Crippen molar-refractivity contribution in [2.75, 3.05) is 19.0 Å². The van der Waals surface area contributed by atoms with Crippen LogP contribution in [-0.2, 0) is 9.53 Å². The van der Waals surface area contributed by atoms with Gasteiger partial charge in [-0.1, -0.05) is 36.4 Å². The Balaban J connectivity index is 1.66. The number of hydrogen-bond donors (Lipinski definition) is 1. The maximum absolute atomic E-state index is 12.2. The standard InChI is InChI=1S/C21H19NO4/c1-14-18(21(24)25-2)8-5-9-19(14)22-20(23)13-26-17-11-10-15-6-3-4-7-16(15)12-17/h3-12H,13H2,1-2H3,(H,22,23). The summed E-state index contributed by atoms with van der Waals surface area (Å²) in [5.74, 6) is -0.117. The monoisotopic (exact) mass is 349 g/mol. The molecule has 5 heteroatoms. The van der Waals surface area contributed by atoms with Gasteiger partial charge < -0.3 is 14.8 Å². The van der Waals surface area contributed by atoms with Crippen LogP contribution in [0.3, 0.4) is 0 Å². The number of amides is 1. The number of carbonyl (C=O) groups excluding carboxylic acids is 2. The summed E-state index contributed by atoms with van der Waals surface area (Å²) < 4.78 is 10.3. The lowest BCUT2D eigenvalue weighted by Gasteiger charge is -2.12. The Morgan fingerprint density at radius 2 is 1.73 bits per heavy atom. The summed E-state index contributed by atoms with van der Waals surface area (Å²) in [7, 11) is 1.32. The average Bonchev–Trinajstić information content (AvgIpc) is 2.67. The molecule has 0 aliphatic heterocycles. The van der Waals surface area contributed by atoms with Crippen molar-refractivity contribution < 1.29 is 19.1 Å². The van der Waals surface area contributed by atoms with Crippen molar-refractivity contribution >= 4 is 28.3 Å². The second kappa shape index (κ2) is 7.70. The van der Waals surface area contributed by atoms with E-state index in [1.165, 1.54) is 7.11 Å². The number of carbonyl (C=O) groups is 2. The molecule has 3 aromatic carbocycles. The number of rotatable bonds is 5. The van der Waals surface area contributed by atoms with Gasteiger partial charge in [0.15, 0.2) is 6.61 Å². The quantitative estimate of drug-likeness (QED) is 0.708. The summed E-state index contributed by atoms with van der Waals surface area (Å²) in [5, 5.41) is 4.92. The Labute approximate surface area is 151 Å². The Morgan fingerprint density at radius 3 is 2.50 bits per heavy atom. The van der Waals surface area contributed by atoms with E-state index in [9.17, 15) is 9.59 Å². The van der Waals surface area contributed by atoms with Crippen molar-refractivity contribution in [2.45, 2.75) is 6.92 Å². The van der Waals surface area contributed by atoms with E-state index in [1.807, 2.05) is 42.5 Å². The molecule has 0 aliphatic carbocycles. The first kappa shape index (κ1) is 17.5. The van der Waals surface area contributed by atoms with E-state index < -0.39 is 5.97 Å². The summed E-state index contributed by atoms with van der Waals surface area (Å²) in [6.45, 7) is 1.63. The van der Waals surface area contributed by atoms with Crippen molar-refractivity contribution in [3.05, 3.63) is 71.8 Å². The second-order valence-electron chi connectivity index (χ2n) is 5.82. The van der Waals surface area contributed by atoms with E-state index in [2.05, 4.69) is 5.32 Å². The van der Waals surface area contributed by atoms with Gasteiger partial charge in [0.25, 0.3) is 5.91 Å². The van der Waals surface area contributed by atoms with E-state index in [0.717, 1.165) is 10.8 Å². The number of methoxy groups -OCH3 is 1. The Morgan fingerprint density at radius 1 is 0.962 bits per heavy atom. The first-order valence-corrected chi connectivity index (χ1v) is 8.18. The normalized spacial score (nSPS) is 10.4. The highest BCUT2D eigenvalue weighted by molar-refractivity contribution is 5.97. The minimum absolute atomic E-state index is 0.125. The number of benzene rings is 3. The van der Waals surface area contributed by atoms with Crippen LogP contribution in [0.2, 0.25) is 0 Å². The predicted octanol–water partition coefficient (Wildman–Crippen LogP) is 3.95. The van der Waals surface area contributed by atoms with Crippen LogP contribution in [0.5, 0.6) is 5.75 Å². The van der Waals surface area contributed by atoms with Crippen LogP contribution in [-0.4, -0.2) is 25.6 Å². The molecule has 5 nitrogen and oxygen atoms in total. The largest absolute Gasteiger partial charge is 0.484 e. The number of hydrogen-bond acceptors (Lipinski definition) is 4. The summed E-state index contributed by atoms with van der Waals surface area (Å²) in [4.78, 5) is 23.9. The second-order valence-corrected chi connectivity index (χ2v) is 5.82. The number of anilines is 1. The number of fused-ring (bicyclic) bond motifs is 1. The van der Waals surface area contributed by atoms with Gasteiger partial charge in [-0.2, -0.15) is 0 Å². The fourth-order valence-corrected chi connectivity index (χ4v) is 2.69. The molecule has 0 aliphatic rings. The minimum atomic E-state index is -0.439. The molecule has 0 unspecified atom stereocenters. The van der Waals surface area contributed by atoms with Crippen LogP contribution < -0.4 is 10.1 Å². The van der Waals surface area contributed by atoms with Crippen LogP contribution >= 0.6 is 0 Å². The molecule has 0 spiro atoms. The first-order chi connectivity index (χ1) is 12.6. The third-order valence-corrected chi connectivity index (χ3v) is 4.10. The third kappa shape index (κ3) is 3.83. The van der Waals surface area contributed by atoms with Crippen molar-refractivity contribution in [1.82, 2.24) is 0 Å². The molecule has 3 aromatic rings. The molecule has 0 fully saturated rings. The van der Waals surface area contributed by atoms with E-state index in [-0.39, 0.29) is 12.5 Å². The summed E-state index contributed by atoms with van der Waals surface area (Å²) >= 11 is 0. The van der Waals surface area contributed by atoms with Crippen molar-refractivity contribution in [2.24, 2.45) is 0 Å². The molecule has 132 valence electrons. The number of esters is 1. The Hall–Kier alpha value is -3.34. The fourth-order valence-electron chi connectivity index (χ4n) is 2.69. The average molecular weight is 349 g/mol. The van der Waals surface area contributed by atoms with Crippen LogP contribution in [0.4, 0.5) is 5.69 Å². The lowest BCUT2D eigenvalue weighted by Crippen LogP contribution is -2.21. The molecule has 3 rings (SSSR count). The maximum Gasteiger partial charge on any atom is 0.338 e. The van der Waals surface area contributed by atoms with Gasteiger partial charge in [0, 0.05) is 5.69 Å². The number of ether oxygens (including phenoxy) is 2. The Kier molecular flexibility index (Phi) is 5.17. The summed E-state index contributed by atoms with van der Waals surface area (Å²) in [5.41, 5.74) is 1.62. The smallest absolute Gasteiger partial charge is 0.338 e. The molecular formula is C21H19NO4. The van der Waals surface area contributed by atoms with Gasteiger partial charge in [-0.15, -0.1) is 0 Å². The van der Waals surface area contributed by atoms with Crippen LogP contribution in [0.25, 0.3) is 10.8 Å². The molecule has 0 atom stereocenters. The van der Waals surface area contributed by atoms with Gasteiger partial charge in [0.1, 0.15) is 5.75 Å². The first-order valence-electron chi connectivity index (χ1n) is 8.18. The van der Waals surface area contributed by atoms with E-state index in [1.54, 1.807) is 25.1 Å². The molecule has 0 bridgehead atoms. The molecule has 1 amide bonds. The van der Waals surface area contributed by atoms with E-state index >= 15 is 0 Å². The zero-order chi connectivity index (χ0) is 18.5. The highest BCUT2D eigenvalue weighted by Crippen LogP contribution is 2.21. The van der Waals surface area contributed by atoms with Crippen LogP contribution in [0.1, 0.15) is 15.9 Å². The molecule has 0 saturated carbocycles. The molecule has 0 radical (unpaired) electrons. The molecule has 0 aromatic heterocycles. The topological polar surface area (TPSA) is 64.6 Å². The fraction of sp³-hybridized carbons (Fsp3) is 0.143. The maximum atomic E-state index is 12.2. The van der Waals surface area contributed by atoms with Gasteiger partial charge in [-0.3, -0.25) is 4.79 Å². The summed E-state index contributed by atoms with van der Waals surface area (Å²) in [6.07, 6.45) is 0. The molecule has 26 heavy (non-hydrogen) atoms. The minimum Gasteiger partial charge on any atom is -0.484 e. The highest BCUT2D eigenvalue weighted by atomic mass is 16.5. The van der Waals surface area contributed by atoms with Crippen LogP contribution in [0.15, 0.2) is 60.7 Å². The zero-order valence-electron chi connectivity index (χ0n) is 14.6.